The van der Waals surface area contributed by atoms with E-state index >= 15 is 0 Å². The number of aromatic nitrogens is 2. The van der Waals surface area contributed by atoms with E-state index in [1.807, 2.05) is 18.2 Å². The van der Waals surface area contributed by atoms with Crippen LogP contribution in [0.15, 0.2) is 30.3 Å². The number of nitrogens with zero attached hydrogens (tertiary/aromatic N) is 1. The molecule has 4 nitrogen and oxygen atoms in total. The van der Waals surface area contributed by atoms with E-state index < -0.39 is 0 Å². The Balaban J connectivity index is 1.25. The molecule has 1 aromatic carbocycles. The van der Waals surface area contributed by atoms with Gasteiger partial charge in [-0.15, -0.1) is 5.10 Å². The maximum absolute atomic E-state index is 6.02. The van der Waals surface area contributed by atoms with Gasteiger partial charge in [0, 0.05) is 11.1 Å². The molecule has 4 saturated carbocycles. The number of ether oxygens (including phenoxy) is 1. The Hall–Kier alpha value is -1.81. The summed E-state index contributed by atoms with van der Waals surface area (Å²) in [5.74, 6) is 3.58. The van der Waals surface area contributed by atoms with Crippen molar-refractivity contribution in [1.29, 1.82) is 0 Å². The third kappa shape index (κ3) is 2.77. The van der Waals surface area contributed by atoms with Crippen LogP contribution >= 0.6 is 0 Å². The second-order valence-corrected chi connectivity index (χ2v) is 8.56. The lowest BCUT2D eigenvalue weighted by Gasteiger charge is -2.57. The van der Waals surface area contributed by atoms with Gasteiger partial charge in [0.05, 0.1) is 5.69 Å². The molecule has 0 amide bonds. The highest BCUT2D eigenvalue weighted by atomic mass is 16.5. The minimum Gasteiger partial charge on any atom is -0.460 e. The molecule has 2 N–H and O–H groups in total. The Morgan fingerprint density at radius 1 is 1.08 bits per heavy atom. The van der Waals surface area contributed by atoms with Gasteiger partial charge in [0.2, 0.25) is 5.88 Å². The minimum atomic E-state index is 0.335. The lowest BCUT2D eigenvalue weighted by atomic mass is 9.53. The van der Waals surface area contributed by atoms with Crippen LogP contribution in [0.2, 0.25) is 0 Å². The highest BCUT2D eigenvalue weighted by molar-refractivity contribution is 5.64. The molecule has 4 aliphatic rings. The van der Waals surface area contributed by atoms with Gasteiger partial charge in [-0.2, -0.15) is 0 Å². The number of hydrogen-bond acceptors (Lipinski definition) is 3. The van der Waals surface area contributed by atoms with Crippen LogP contribution in [0.25, 0.3) is 11.3 Å². The fourth-order valence-electron chi connectivity index (χ4n) is 5.99. The largest absolute Gasteiger partial charge is 0.460 e. The van der Waals surface area contributed by atoms with Crippen LogP contribution in [0.1, 0.15) is 44.1 Å². The number of benzene rings is 1. The summed E-state index contributed by atoms with van der Waals surface area (Å²) in [6.07, 6.45) is 8.45. The first-order chi connectivity index (χ1) is 12.2. The van der Waals surface area contributed by atoms with Crippen LogP contribution in [0.3, 0.4) is 0 Å². The number of H-pyrrole nitrogens is 1. The standard InChI is InChI=1S/C21H27N3O/c1-14-19(18-5-3-2-4-6-18)23-24-20(14)25-13-22-21-10-15-7-16(11-21)9-17(8-15)12-21/h2-6,15-17,22H,7-13H2,1H3,(H,23,24). The number of rotatable bonds is 5. The normalized spacial score (nSPS) is 32.9. The average Bonchev–Trinajstić information content (AvgIpc) is 2.95. The monoisotopic (exact) mass is 337 g/mol. The summed E-state index contributed by atoms with van der Waals surface area (Å²) in [4.78, 5) is 0. The van der Waals surface area contributed by atoms with Crippen molar-refractivity contribution in [2.45, 2.75) is 51.0 Å². The Morgan fingerprint density at radius 2 is 1.72 bits per heavy atom. The summed E-state index contributed by atoms with van der Waals surface area (Å²) in [5, 5.41) is 11.3. The molecule has 0 saturated heterocycles. The van der Waals surface area contributed by atoms with Crippen LogP contribution < -0.4 is 10.1 Å². The third-order valence-electron chi connectivity index (χ3n) is 6.72. The fourth-order valence-corrected chi connectivity index (χ4v) is 5.99. The van der Waals surface area contributed by atoms with Crippen molar-refractivity contribution in [3.8, 4) is 17.1 Å². The number of nitrogens with one attached hydrogen (secondary N) is 2. The van der Waals surface area contributed by atoms with Crippen molar-refractivity contribution in [1.82, 2.24) is 15.5 Å². The van der Waals surface area contributed by atoms with Crippen molar-refractivity contribution in [3.63, 3.8) is 0 Å². The van der Waals surface area contributed by atoms with E-state index in [0.717, 1.165) is 40.5 Å². The third-order valence-corrected chi connectivity index (χ3v) is 6.72. The minimum absolute atomic E-state index is 0.335. The van der Waals surface area contributed by atoms with Gasteiger partial charge >= 0.3 is 0 Å². The van der Waals surface area contributed by atoms with E-state index in [-0.39, 0.29) is 0 Å². The first-order valence-electron chi connectivity index (χ1n) is 9.69. The zero-order valence-electron chi connectivity index (χ0n) is 14.9. The fraction of sp³-hybridized carbons (Fsp3) is 0.571. The Labute approximate surface area is 149 Å². The topological polar surface area (TPSA) is 49.9 Å². The molecule has 4 bridgehead atoms. The maximum atomic E-state index is 6.02. The highest BCUT2D eigenvalue weighted by Gasteiger charge is 2.50. The molecule has 1 aromatic heterocycles. The zero-order valence-corrected chi connectivity index (χ0v) is 14.9. The molecule has 4 aliphatic carbocycles. The van der Waals surface area contributed by atoms with Gasteiger partial charge < -0.3 is 4.74 Å². The molecular formula is C21H27N3O. The van der Waals surface area contributed by atoms with Gasteiger partial charge in [-0.1, -0.05) is 30.3 Å². The average molecular weight is 337 g/mol. The first-order valence-corrected chi connectivity index (χ1v) is 9.69. The van der Waals surface area contributed by atoms with Crippen molar-refractivity contribution in [2.24, 2.45) is 17.8 Å². The molecule has 25 heavy (non-hydrogen) atoms. The van der Waals surface area contributed by atoms with E-state index in [2.05, 4.69) is 34.6 Å². The molecule has 0 aliphatic heterocycles. The SMILES string of the molecule is Cc1c(OCNC23CC4CC(CC(C4)C2)C3)n[nH]c1-c1ccccc1. The molecule has 0 atom stereocenters. The first kappa shape index (κ1) is 15.4. The lowest BCUT2D eigenvalue weighted by Crippen LogP contribution is -2.59. The lowest BCUT2D eigenvalue weighted by molar-refractivity contribution is -0.0284. The van der Waals surface area contributed by atoms with Gasteiger partial charge in [0.1, 0.15) is 6.73 Å². The molecule has 6 rings (SSSR count). The summed E-state index contributed by atoms with van der Waals surface area (Å²) in [7, 11) is 0. The molecular weight excluding hydrogens is 310 g/mol. The highest BCUT2D eigenvalue weighted by Crippen LogP contribution is 2.55. The maximum Gasteiger partial charge on any atom is 0.237 e. The molecule has 0 radical (unpaired) electrons. The molecule has 4 fully saturated rings. The van der Waals surface area contributed by atoms with E-state index in [9.17, 15) is 0 Å². The molecule has 132 valence electrons. The Bertz CT molecular complexity index is 716. The smallest absolute Gasteiger partial charge is 0.237 e. The van der Waals surface area contributed by atoms with Crippen LogP contribution in [0.5, 0.6) is 5.88 Å². The predicted molar refractivity (Wildman–Crippen MR) is 98.3 cm³/mol. The quantitative estimate of drug-likeness (QED) is 0.801. The van der Waals surface area contributed by atoms with E-state index in [1.54, 1.807) is 0 Å². The van der Waals surface area contributed by atoms with E-state index in [1.165, 1.54) is 38.5 Å². The Morgan fingerprint density at radius 3 is 2.36 bits per heavy atom. The molecule has 0 unspecified atom stereocenters. The zero-order chi connectivity index (χ0) is 16.9. The molecule has 1 heterocycles. The van der Waals surface area contributed by atoms with Crippen LogP contribution in [-0.4, -0.2) is 22.5 Å². The van der Waals surface area contributed by atoms with Crippen molar-refractivity contribution in [3.05, 3.63) is 35.9 Å². The van der Waals surface area contributed by atoms with Crippen molar-refractivity contribution < 1.29 is 4.74 Å². The summed E-state index contributed by atoms with van der Waals surface area (Å²) >= 11 is 0. The van der Waals surface area contributed by atoms with Gasteiger partial charge in [0.15, 0.2) is 0 Å². The summed E-state index contributed by atoms with van der Waals surface area (Å²) < 4.78 is 6.02. The van der Waals surface area contributed by atoms with Crippen LogP contribution in [0.4, 0.5) is 0 Å². The van der Waals surface area contributed by atoms with E-state index in [4.69, 9.17) is 4.74 Å². The summed E-state index contributed by atoms with van der Waals surface area (Å²) in [6, 6.07) is 10.3. The number of aromatic amines is 1. The number of hydrogen-bond donors (Lipinski definition) is 2. The van der Waals surface area contributed by atoms with Gasteiger partial charge in [-0.05, 0) is 68.8 Å². The van der Waals surface area contributed by atoms with E-state index in [0.29, 0.717) is 12.3 Å². The molecule has 0 spiro atoms. The second-order valence-electron chi connectivity index (χ2n) is 8.56. The molecule has 4 heteroatoms. The van der Waals surface area contributed by atoms with Crippen molar-refractivity contribution in [2.75, 3.05) is 6.73 Å². The van der Waals surface area contributed by atoms with Gasteiger partial charge in [-0.3, -0.25) is 10.4 Å². The van der Waals surface area contributed by atoms with Crippen molar-refractivity contribution >= 4 is 0 Å². The van der Waals surface area contributed by atoms with Gasteiger partial charge in [-0.25, -0.2) is 0 Å². The van der Waals surface area contributed by atoms with Crippen LogP contribution in [-0.2, 0) is 0 Å². The summed E-state index contributed by atoms with van der Waals surface area (Å²) in [5.41, 5.74) is 3.61. The summed E-state index contributed by atoms with van der Waals surface area (Å²) in [6.45, 7) is 2.64. The predicted octanol–water partition coefficient (Wildman–Crippen LogP) is 4.28. The second kappa shape index (κ2) is 5.87. The van der Waals surface area contributed by atoms with Crippen LogP contribution in [0, 0.1) is 24.7 Å². The Kier molecular flexibility index (Phi) is 3.63. The van der Waals surface area contributed by atoms with Gasteiger partial charge in [0.25, 0.3) is 0 Å². The molecule has 2 aromatic rings.